The molecule has 19 heavy (non-hydrogen) atoms. The predicted octanol–water partition coefficient (Wildman–Crippen LogP) is 1.89. The SMILES string of the molecule is CC(=O)NCCC#Cc1ccc2c(c1)OC(F)(F)O2. The van der Waals surface area contributed by atoms with Gasteiger partial charge in [-0.15, -0.1) is 8.78 Å². The van der Waals surface area contributed by atoms with E-state index in [-0.39, 0.29) is 17.4 Å². The number of hydrogen-bond donors (Lipinski definition) is 1. The lowest BCUT2D eigenvalue weighted by atomic mass is 10.2. The second-order valence-corrected chi connectivity index (χ2v) is 3.86. The third-order valence-electron chi connectivity index (χ3n) is 2.26. The van der Waals surface area contributed by atoms with E-state index >= 15 is 0 Å². The molecule has 1 aromatic carbocycles. The van der Waals surface area contributed by atoms with Gasteiger partial charge in [-0.3, -0.25) is 4.79 Å². The number of benzene rings is 1. The van der Waals surface area contributed by atoms with Crippen molar-refractivity contribution in [1.29, 1.82) is 0 Å². The number of hydrogen-bond acceptors (Lipinski definition) is 3. The maximum absolute atomic E-state index is 12.8. The minimum Gasteiger partial charge on any atom is -0.395 e. The number of nitrogens with one attached hydrogen (secondary N) is 1. The zero-order valence-electron chi connectivity index (χ0n) is 10.1. The van der Waals surface area contributed by atoms with Crippen LogP contribution in [-0.4, -0.2) is 18.7 Å². The van der Waals surface area contributed by atoms with E-state index in [4.69, 9.17) is 0 Å². The summed E-state index contributed by atoms with van der Waals surface area (Å²) in [6.07, 6.45) is -3.13. The number of carbonyl (C=O) groups excluding carboxylic acids is 1. The van der Waals surface area contributed by atoms with Crippen LogP contribution in [0.2, 0.25) is 0 Å². The number of amides is 1. The van der Waals surface area contributed by atoms with Crippen molar-refractivity contribution < 1.29 is 23.0 Å². The molecular formula is C13H11F2NO3. The van der Waals surface area contributed by atoms with Crippen molar-refractivity contribution in [1.82, 2.24) is 5.32 Å². The topological polar surface area (TPSA) is 47.6 Å². The fourth-order valence-corrected chi connectivity index (χ4v) is 1.49. The molecule has 1 aliphatic rings. The van der Waals surface area contributed by atoms with Crippen molar-refractivity contribution in [3.05, 3.63) is 23.8 Å². The Balaban J connectivity index is 1.97. The van der Waals surface area contributed by atoms with E-state index in [9.17, 15) is 13.6 Å². The molecule has 1 amide bonds. The van der Waals surface area contributed by atoms with Crippen LogP contribution < -0.4 is 14.8 Å². The number of fused-ring (bicyclic) bond motifs is 1. The average molecular weight is 267 g/mol. The zero-order chi connectivity index (χ0) is 13.9. The van der Waals surface area contributed by atoms with Gasteiger partial charge in [-0.1, -0.05) is 11.8 Å². The second kappa shape index (κ2) is 5.14. The predicted molar refractivity (Wildman–Crippen MR) is 62.8 cm³/mol. The van der Waals surface area contributed by atoms with Crippen molar-refractivity contribution in [2.75, 3.05) is 6.54 Å². The summed E-state index contributed by atoms with van der Waals surface area (Å²) >= 11 is 0. The number of ether oxygens (including phenoxy) is 2. The van der Waals surface area contributed by atoms with Gasteiger partial charge in [-0.25, -0.2) is 0 Å². The summed E-state index contributed by atoms with van der Waals surface area (Å²) in [5, 5.41) is 2.60. The maximum Gasteiger partial charge on any atom is 0.586 e. The molecule has 1 aliphatic heterocycles. The Morgan fingerprint density at radius 2 is 2.11 bits per heavy atom. The molecule has 0 saturated heterocycles. The summed E-state index contributed by atoms with van der Waals surface area (Å²) in [6, 6.07) is 4.34. The van der Waals surface area contributed by atoms with Crippen molar-refractivity contribution >= 4 is 5.91 Å². The monoisotopic (exact) mass is 267 g/mol. The molecule has 0 aliphatic carbocycles. The summed E-state index contributed by atoms with van der Waals surface area (Å²) in [6.45, 7) is 1.87. The quantitative estimate of drug-likeness (QED) is 0.657. The second-order valence-electron chi connectivity index (χ2n) is 3.86. The summed E-state index contributed by atoms with van der Waals surface area (Å²) in [5.41, 5.74) is 0.544. The Morgan fingerprint density at radius 1 is 1.37 bits per heavy atom. The molecule has 0 radical (unpaired) electrons. The highest BCUT2D eigenvalue weighted by Gasteiger charge is 2.43. The van der Waals surface area contributed by atoms with Crippen LogP contribution in [-0.2, 0) is 4.79 Å². The van der Waals surface area contributed by atoms with Crippen molar-refractivity contribution in [3.8, 4) is 23.3 Å². The lowest BCUT2D eigenvalue weighted by molar-refractivity contribution is -0.286. The van der Waals surface area contributed by atoms with Crippen LogP contribution in [0.4, 0.5) is 8.78 Å². The molecule has 0 aromatic heterocycles. The van der Waals surface area contributed by atoms with Gasteiger partial charge in [0.15, 0.2) is 11.5 Å². The number of carbonyl (C=O) groups is 1. The van der Waals surface area contributed by atoms with E-state index < -0.39 is 6.29 Å². The van der Waals surface area contributed by atoms with Gasteiger partial charge >= 0.3 is 6.29 Å². The van der Waals surface area contributed by atoms with E-state index in [1.807, 2.05) is 0 Å². The summed E-state index contributed by atoms with van der Waals surface area (Å²) in [5.74, 6) is 5.46. The highest BCUT2D eigenvalue weighted by molar-refractivity contribution is 5.72. The summed E-state index contributed by atoms with van der Waals surface area (Å²) < 4.78 is 34.1. The molecule has 6 heteroatoms. The van der Waals surface area contributed by atoms with Crippen LogP contribution >= 0.6 is 0 Å². The molecule has 0 fully saturated rings. The molecule has 0 atom stereocenters. The van der Waals surface area contributed by atoms with Gasteiger partial charge in [0.1, 0.15) is 0 Å². The Bertz CT molecular complexity index is 561. The molecule has 0 spiro atoms. The fraction of sp³-hybridized carbons (Fsp3) is 0.308. The molecule has 100 valence electrons. The number of alkyl halides is 2. The summed E-state index contributed by atoms with van der Waals surface area (Å²) in [4.78, 5) is 10.6. The highest BCUT2D eigenvalue weighted by Crippen LogP contribution is 2.40. The van der Waals surface area contributed by atoms with Crippen LogP contribution in [0.25, 0.3) is 0 Å². The van der Waals surface area contributed by atoms with E-state index in [1.54, 1.807) is 6.07 Å². The van der Waals surface area contributed by atoms with Gasteiger partial charge < -0.3 is 14.8 Å². The molecule has 2 rings (SSSR count). The van der Waals surface area contributed by atoms with Crippen LogP contribution in [0.5, 0.6) is 11.5 Å². The first kappa shape index (κ1) is 13.1. The first-order chi connectivity index (χ1) is 8.96. The van der Waals surface area contributed by atoms with Gasteiger partial charge in [0.25, 0.3) is 0 Å². The van der Waals surface area contributed by atoms with Crippen molar-refractivity contribution in [2.24, 2.45) is 0 Å². The van der Waals surface area contributed by atoms with Crippen LogP contribution in [0.3, 0.4) is 0 Å². The van der Waals surface area contributed by atoms with E-state index in [1.165, 1.54) is 19.1 Å². The van der Waals surface area contributed by atoms with Crippen molar-refractivity contribution in [2.45, 2.75) is 19.6 Å². The Morgan fingerprint density at radius 3 is 2.84 bits per heavy atom. The Labute approximate surface area is 108 Å². The molecule has 0 bridgehead atoms. The van der Waals surface area contributed by atoms with Gasteiger partial charge in [-0.2, -0.15) is 0 Å². The molecular weight excluding hydrogens is 256 g/mol. The minimum atomic E-state index is -3.61. The standard InChI is InChI=1S/C13H11F2NO3/c1-9(17)16-7-3-2-4-10-5-6-11-12(8-10)19-13(14,15)18-11/h5-6,8H,3,7H2,1H3,(H,16,17). The zero-order valence-corrected chi connectivity index (χ0v) is 10.1. The summed E-state index contributed by atoms with van der Waals surface area (Å²) in [7, 11) is 0. The van der Waals surface area contributed by atoms with E-state index in [0.29, 0.717) is 18.5 Å². The van der Waals surface area contributed by atoms with Crippen LogP contribution in [0.1, 0.15) is 18.9 Å². The molecule has 1 N–H and O–H groups in total. The van der Waals surface area contributed by atoms with Gasteiger partial charge in [0.05, 0.1) is 0 Å². The van der Waals surface area contributed by atoms with Gasteiger partial charge in [0, 0.05) is 31.5 Å². The number of rotatable bonds is 2. The molecule has 0 unspecified atom stereocenters. The molecule has 1 heterocycles. The highest BCUT2D eigenvalue weighted by atomic mass is 19.3. The lowest BCUT2D eigenvalue weighted by Gasteiger charge is -2.04. The van der Waals surface area contributed by atoms with Gasteiger partial charge in [0.2, 0.25) is 5.91 Å². The molecule has 0 saturated carbocycles. The van der Waals surface area contributed by atoms with Crippen LogP contribution in [0.15, 0.2) is 18.2 Å². The number of halogens is 2. The Hall–Kier alpha value is -2.29. The molecule has 1 aromatic rings. The molecule has 4 nitrogen and oxygen atoms in total. The minimum absolute atomic E-state index is 0.00574. The smallest absolute Gasteiger partial charge is 0.395 e. The maximum atomic E-state index is 12.8. The van der Waals surface area contributed by atoms with Crippen LogP contribution in [0, 0.1) is 11.8 Å². The van der Waals surface area contributed by atoms with Crippen molar-refractivity contribution in [3.63, 3.8) is 0 Å². The Kier molecular flexibility index (Phi) is 3.56. The normalized spacial score (nSPS) is 14.5. The average Bonchev–Trinajstić information content (AvgIpc) is 2.61. The largest absolute Gasteiger partial charge is 0.586 e. The third kappa shape index (κ3) is 3.58. The third-order valence-corrected chi connectivity index (χ3v) is 2.26. The van der Waals surface area contributed by atoms with Gasteiger partial charge in [-0.05, 0) is 12.1 Å². The first-order valence-corrected chi connectivity index (χ1v) is 5.59. The first-order valence-electron chi connectivity index (χ1n) is 5.59. The fourth-order valence-electron chi connectivity index (χ4n) is 1.49. The van der Waals surface area contributed by atoms with E-state index in [0.717, 1.165) is 0 Å². The lowest BCUT2D eigenvalue weighted by Crippen LogP contribution is -2.25. The van der Waals surface area contributed by atoms with E-state index in [2.05, 4.69) is 26.6 Å².